The SMILES string of the molecule is C[C@H](CCc1ccco1)NC(=O)c1ccc(OCc2cn3ccccc3n2)cc1. The Morgan fingerprint density at radius 3 is 2.79 bits per heavy atom. The van der Waals surface area contributed by atoms with E-state index in [0.29, 0.717) is 17.9 Å². The van der Waals surface area contributed by atoms with Crippen LogP contribution in [0.4, 0.5) is 0 Å². The summed E-state index contributed by atoms with van der Waals surface area (Å²) in [7, 11) is 0. The van der Waals surface area contributed by atoms with Gasteiger partial charge in [-0.1, -0.05) is 6.07 Å². The highest BCUT2D eigenvalue weighted by molar-refractivity contribution is 5.94. The van der Waals surface area contributed by atoms with E-state index in [1.165, 1.54) is 0 Å². The Hall–Kier alpha value is -3.54. The maximum Gasteiger partial charge on any atom is 0.251 e. The summed E-state index contributed by atoms with van der Waals surface area (Å²) >= 11 is 0. The summed E-state index contributed by atoms with van der Waals surface area (Å²) in [5.74, 6) is 1.53. The number of furan rings is 1. The van der Waals surface area contributed by atoms with E-state index in [9.17, 15) is 4.79 Å². The monoisotopic (exact) mass is 389 g/mol. The van der Waals surface area contributed by atoms with E-state index in [1.807, 2.05) is 54.0 Å². The Morgan fingerprint density at radius 1 is 1.17 bits per heavy atom. The van der Waals surface area contributed by atoms with Gasteiger partial charge in [-0.2, -0.15) is 0 Å². The Morgan fingerprint density at radius 2 is 2.03 bits per heavy atom. The van der Waals surface area contributed by atoms with Gasteiger partial charge in [0, 0.05) is 30.4 Å². The number of amides is 1. The maximum absolute atomic E-state index is 12.4. The van der Waals surface area contributed by atoms with Gasteiger partial charge in [-0.05, 0) is 61.9 Å². The van der Waals surface area contributed by atoms with Gasteiger partial charge in [0.05, 0.1) is 12.0 Å². The van der Waals surface area contributed by atoms with Crippen LogP contribution >= 0.6 is 0 Å². The summed E-state index contributed by atoms with van der Waals surface area (Å²) in [6, 6.07) is 16.9. The Balaban J connectivity index is 1.28. The molecule has 0 spiro atoms. The molecule has 4 aromatic rings. The number of nitrogens with one attached hydrogen (secondary N) is 1. The zero-order valence-corrected chi connectivity index (χ0v) is 16.2. The number of aromatic nitrogens is 2. The number of carbonyl (C=O) groups is 1. The highest BCUT2D eigenvalue weighted by atomic mass is 16.5. The summed E-state index contributed by atoms with van der Waals surface area (Å²) in [4.78, 5) is 16.9. The molecule has 148 valence electrons. The fraction of sp³-hybridized carbons (Fsp3) is 0.217. The number of imidazole rings is 1. The molecule has 0 aliphatic heterocycles. The van der Waals surface area contributed by atoms with Crippen LogP contribution in [0.1, 0.15) is 35.2 Å². The number of fused-ring (bicyclic) bond motifs is 1. The van der Waals surface area contributed by atoms with E-state index in [1.54, 1.807) is 30.5 Å². The van der Waals surface area contributed by atoms with Gasteiger partial charge in [-0.25, -0.2) is 4.98 Å². The van der Waals surface area contributed by atoms with E-state index >= 15 is 0 Å². The van der Waals surface area contributed by atoms with E-state index in [2.05, 4.69) is 10.3 Å². The van der Waals surface area contributed by atoms with Gasteiger partial charge in [-0.3, -0.25) is 4.79 Å². The molecule has 0 saturated heterocycles. The first-order chi connectivity index (χ1) is 14.2. The van der Waals surface area contributed by atoms with Crippen molar-refractivity contribution in [3.05, 3.63) is 90.3 Å². The predicted molar refractivity (Wildman–Crippen MR) is 110 cm³/mol. The molecule has 0 saturated carbocycles. The zero-order valence-electron chi connectivity index (χ0n) is 16.2. The molecule has 1 atom stereocenters. The Bertz CT molecular complexity index is 1040. The van der Waals surface area contributed by atoms with E-state index in [0.717, 1.165) is 29.9 Å². The second-order valence-corrected chi connectivity index (χ2v) is 7.00. The van der Waals surface area contributed by atoms with Crippen LogP contribution in [0, 0.1) is 0 Å². The molecular formula is C23H23N3O3. The third-order valence-electron chi connectivity index (χ3n) is 4.70. The number of pyridine rings is 1. The lowest BCUT2D eigenvalue weighted by Gasteiger charge is -2.13. The number of rotatable bonds is 8. The molecule has 0 bridgehead atoms. The minimum Gasteiger partial charge on any atom is -0.487 e. The molecule has 6 nitrogen and oxygen atoms in total. The van der Waals surface area contributed by atoms with Crippen LogP contribution in [0.3, 0.4) is 0 Å². The molecule has 0 aliphatic rings. The number of hydrogen-bond donors (Lipinski definition) is 1. The standard InChI is InChI=1S/C23H23N3O3/c1-17(7-10-20-5-4-14-28-20)24-23(27)18-8-11-21(12-9-18)29-16-19-15-26-13-3-2-6-22(26)25-19/h2-6,8-9,11-15,17H,7,10,16H2,1H3,(H,24,27)/t17-/m1/s1. The third kappa shape index (κ3) is 4.85. The van der Waals surface area contributed by atoms with Gasteiger partial charge in [0.1, 0.15) is 23.8 Å². The van der Waals surface area contributed by atoms with Crippen molar-refractivity contribution < 1.29 is 13.9 Å². The van der Waals surface area contributed by atoms with Crippen molar-refractivity contribution in [3.63, 3.8) is 0 Å². The number of ether oxygens (including phenoxy) is 1. The van der Waals surface area contributed by atoms with E-state index in [-0.39, 0.29) is 11.9 Å². The molecule has 3 heterocycles. The summed E-state index contributed by atoms with van der Waals surface area (Å²) in [5.41, 5.74) is 2.35. The molecule has 0 aliphatic carbocycles. The van der Waals surface area contributed by atoms with Crippen LogP contribution < -0.4 is 10.1 Å². The topological polar surface area (TPSA) is 68.8 Å². The predicted octanol–water partition coefficient (Wildman–Crippen LogP) is 4.26. The summed E-state index contributed by atoms with van der Waals surface area (Å²) in [5, 5.41) is 3.02. The normalized spacial score (nSPS) is 12.0. The molecular weight excluding hydrogens is 366 g/mol. The number of hydrogen-bond acceptors (Lipinski definition) is 4. The van der Waals surface area contributed by atoms with Crippen molar-refractivity contribution in [1.29, 1.82) is 0 Å². The van der Waals surface area contributed by atoms with Crippen LogP contribution in [0.15, 0.2) is 77.7 Å². The van der Waals surface area contributed by atoms with Crippen LogP contribution in [0.25, 0.3) is 5.65 Å². The molecule has 0 unspecified atom stereocenters. The minimum atomic E-state index is -0.0937. The van der Waals surface area contributed by atoms with Crippen molar-refractivity contribution in [3.8, 4) is 5.75 Å². The van der Waals surface area contributed by atoms with Crippen molar-refractivity contribution >= 4 is 11.6 Å². The molecule has 3 aromatic heterocycles. The maximum atomic E-state index is 12.4. The number of nitrogens with zero attached hydrogens (tertiary/aromatic N) is 2. The number of benzene rings is 1. The second kappa shape index (κ2) is 8.65. The van der Waals surface area contributed by atoms with Crippen molar-refractivity contribution in [2.24, 2.45) is 0 Å². The molecule has 0 fully saturated rings. The van der Waals surface area contributed by atoms with Crippen LogP contribution in [-0.4, -0.2) is 21.3 Å². The Kier molecular flexibility index (Phi) is 5.61. The Labute approximate surface area is 169 Å². The van der Waals surface area contributed by atoms with Gasteiger partial charge < -0.3 is 18.9 Å². The smallest absolute Gasteiger partial charge is 0.251 e. The van der Waals surface area contributed by atoms with Gasteiger partial charge in [-0.15, -0.1) is 0 Å². The van der Waals surface area contributed by atoms with Gasteiger partial charge in [0.25, 0.3) is 5.91 Å². The fourth-order valence-corrected chi connectivity index (χ4v) is 3.11. The van der Waals surface area contributed by atoms with Crippen LogP contribution in [0.5, 0.6) is 5.75 Å². The zero-order chi connectivity index (χ0) is 20.1. The minimum absolute atomic E-state index is 0.0542. The van der Waals surface area contributed by atoms with E-state index in [4.69, 9.17) is 9.15 Å². The largest absolute Gasteiger partial charge is 0.487 e. The molecule has 6 heteroatoms. The first kappa shape index (κ1) is 18.8. The first-order valence-electron chi connectivity index (χ1n) is 9.66. The molecule has 1 aromatic carbocycles. The third-order valence-corrected chi connectivity index (χ3v) is 4.70. The second-order valence-electron chi connectivity index (χ2n) is 7.00. The lowest BCUT2D eigenvalue weighted by molar-refractivity contribution is 0.0938. The summed E-state index contributed by atoms with van der Waals surface area (Å²) in [6.45, 7) is 2.37. The lowest BCUT2D eigenvalue weighted by atomic mass is 10.1. The first-order valence-corrected chi connectivity index (χ1v) is 9.66. The van der Waals surface area contributed by atoms with Crippen LogP contribution in [0.2, 0.25) is 0 Å². The van der Waals surface area contributed by atoms with Crippen molar-refractivity contribution in [1.82, 2.24) is 14.7 Å². The van der Waals surface area contributed by atoms with Gasteiger partial charge in [0.2, 0.25) is 0 Å². The molecule has 1 amide bonds. The molecule has 0 radical (unpaired) electrons. The summed E-state index contributed by atoms with van der Waals surface area (Å²) in [6.07, 6.45) is 7.18. The van der Waals surface area contributed by atoms with Crippen molar-refractivity contribution in [2.45, 2.75) is 32.4 Å². The highest BCUT2D eigenvalue weighted by Crippen LogP contribution is 2.15. The molecule has 4 rings (SSSR count). The quantitative estimate of drug-likeness (QED) is 0.489. The molecule has 29 heavy (non-hydrogen) atoms. The average molecular weight is 389 g/mol. The number of aryl methyl sites for hydroxylation is 1. The van der Waals surface area contributed by atoms with Crippen molar-refractivity contribution in [2.75, 3.05) is 0 Å². The highest BCUT2D eigenvalue weighted by Gasteiger charge is 2.11. The summed E-state index contributed by atoms with van der Waals surface area (Å²) < 4.78 is 13.1. The molecule has 1 N–H and O–H groups in total. The fourth-order valence-electron chi connectivity index (χ4n) is 3.11. The van der Waals surface area contributed by atoms with Gasteiger partial charge in [0.15, 0.2) is 0 Å². The van der Waals surface area contributed by atoms with Gasteiger partial charge >= 0.3 is 0 Å². The average Bonchev–Trinajstić information content (AvgIpc) is 3.40. The van der Waals surface area contributed by atoms with E-state index < -0.39 is 0 Å². The lowest BCUT2D eigenvalue weighted by Crippen LogP contribution is -2.32. The van der Waals surface area contributed by atoms with Crippen LogP contribution in [-0.2, 0) is 13.0 Å². The number of carbonyl (C=O) groups excluding carboxylic acids is 1.